The fraction of sp³-hybridized carbons (Fsp3) is 0.844. The molecule has 1 rings (SSSR count). The lowest BCUT2D eigenvalue weighted by Crippen LogP contribution is -2.60. The molecule has 11 heteroatoms. The highest BCUT2D eigenvalue weighted by atomic mass is 16.7. The highest BCUT2D eigenvalue weighted by Gasteiger charge is 2.47. The first-order valence-corrected chi connectivity index (χ1v) is 22.4. The summed E-state index contributed by atoms with van der Waals surface area (Å²) in [7, 11) is 0. The van der Waals surface area contributed by atoms with Crippen molar-refractivity contribution in [1.29, 1.82) is 0 Å². The Morgan fingerprint density at radius 1 is 0.554 bits per heavy atom. The Balaban J connectivity index is 2.36. The van der Waals surface area contributed by atoms with Crippen LogP contribution in [0.3, 0.4) is 0 Å². The van der Waals surface area contributed by atoms with Crippen LogP contribution in [0.1, 0.15) is 194 Å². The predicted molar refractivity (Wildman–Crippen MR) is 220 cm³/mol. The minimum absolute atomic E-state index is 0.185. The molecule has 0 aromatic heterocycles. The second-order valence-electron chi connectivity index (χ2n) is 15.5. The van der Waals surface area contributed by atoms with Crippen LogP contribution >= 0.6 is 0 Å². The average Bonchev–Trinajstić information content (AvgIpc) is 3.18. The fourth-order valence-electron chi connectivity index (χ4n) is 6.73. The molecule has 0 spiro atoms. The van der Waals surface area contributed by atoms with Gasteiger partial charge in [0, 0.05) is 12.8 Å². The molecule has 1 saturated heterocycles. The average molecular weight is 797 g/mol. The smallest absolute Gasteiger partial charge is 0.335 e. The molecule has 0 amide bonds. The number of carbonyl (C=O) groups excluding carboxylic acids is 2. The van der Waals surface area contributed by atoms with E-state index in [1.54, 1.807) is 0 Å². The second kappa shape index (κ2) is 35.8. The van der Waals surface area contributed by atoms with Crippen molar-refractivity contribution in [2.24, 2.45) is 0 Å². The minimum Gasteiger partial charge on any atom is -0.479 e. The van der Waals surface area contributed by atoms with Crippen molar-refractivity contribution in [2.45, 2.75) is 230 Å². The maximum absolute atomic E-state index is 12.7. The first-order valence-electron chi connectivity index (χ1n) is 22.4. The highest BCUT2D eigenvalue weighted by molar-refractivity contribution is 5.73. The van der Waals surface area contributed by atoms with Crippen LogP contribution in [0, 0.1) is 0 Å². The summed E-state index contributed by atoms with van der Waals surface area (Å²) in [4.78, 5) is 36.8. The standard InChI is InChI=1S/C45H80O11/c1-3-5-7-9-11-13-15-17-18-19-20-21-22-24-25-27-29-31-33-38(46)53-35-37(36-54-45-42(50)40(48)41(49)43(56-45)44(51)52)55-39(47)34-32-30-28-26-23-16-14-12-10-8-6-4-2/h13,15,18-19,37,40-43,45,48-50H,3-12,14,16-17,20-36H2,1-2H3,(H,51,52)/b15-13-,19-18-. The van der Waals surface area contributed by atoms with Gasteiger partial charge in [0.05, 0.1) is 6.61 Å². The molecule has 1 aliphatic rings. The van der Waals surface area contributed by atoms with E-state index in [1.165, 1.54) is 103 Å². The molecule has 56 heavy (non-hydrogen) atoms. The zero-order chi connectivity index (χ0) is 41.1. The fourth-order valence-corrected chi connectivity index (χ4v) is 6.73. The monoisotopic (exact) mass is 797 g/mol. The molecule has 1 heterocycles. The Morgan fingerprint density at radius 2 is 1.00 bits per heavy atom. The molecule has 0 aromatic carbocycles. The van der Waals surface area contributed by atoms with E-state index in [0.717, 1.165) is 51.4 Å². The van der Waals surface area contributed by atoms with E-state index in [0.29, 0.717) is 12.8 Å². The van der Waals surface area contributed by atoms with E-state index in [1.807, 2.05) is 0 Å². The summed E-state index contributed by atoms with van der Waals surface area (Å²) in [5.41, 5.74) is 0. The summed E-state index contributed by atoms with van der Waals surface area (Å²) in [6.07, 6.45) is 29.4. The minimum atomic E-state index is -1.86. The number of carbonyl (C=O) groups is 3. The molecule has 0 aromatic rings. The van der Waals surface area contributed by atoms with Crippen molar-refractivity contribution in [1.82, 2.24) is 0 Å². The molecule has 0 radical (unpaired) electrons. The maximum Gasteiger partial charge on any atom is 0.335 e. The van der Waals surface area contributed by atoms with Gasteiger partial charge in [-0.05, 0) is 44.9 Å². The number of unbranched alkanes of at least 4 members (excludes halogenated alkanes) is 22. The lowest BCUT2D eigenvalue weighted by Gasteiger charge is -2.38. The van der Waals surface area contributed by atoms with Gasteiger partial charge in [-0.1, -0.05) is 160 Å². The number of ether oxygens (including phenoxy) is 4. The molecule has 326 valence electrons. The van der Waals surface area contributed by atoms with Crippen molar-refractivity contribution in [3.05, 3.63) is 24.3 Å². The largest absolute Gasteiger partial charge is 0.479 e. The molecular formula is C45H80O11. The summed E-state index contributed by atoms with van der Waals surface area (Å²) in [5.74, 6) is -2.45. The Bertz CT molecular complexity index is 1030. The first kappa shape index (κ1) is 51.7. The molecule has 0 bridgehead atoms. The van der Waals surface area contributed by atoms with Crippen molar-refractivity contribution in [3.63, 3.8) is 0 Å². The van der Waals surface area contributed by atoms with Gasteiger partial charge in [0.25, 0.3) is 0 Å². The van der Waals surface area contributed by atoms with Crippen molar-refractivity contribution in [3.8, 4) is 0 Å². The predicted octanol–water partition coefficient (Wildman–Crippen LogP) is 9.43. The van der Waals surface area contributed by atoms with Crippen LogP contribution in [-0.4, -0.2) is 88.4 Å². The lowest BCUT2D eigenvalue weighted by molar-refractivity contribution is -0.298. The number of carboxylic acids is 1. The zero-order valence-electron chi connectivity index (χ0n) is 35.1. The number of aliphatic hydroxyl groups excluding tert-OH is 3. The number of aliphatic carboxylic acids is 1. The van der Waals surface area contributed by atoms with Crippen LogP contribution in [0.25, 0.3) is 0 Å². The van der Waals surface area contributed by atoms with Crippen molar-refractivity contribution in [2.75, 3.05) is 13.2 Å². The number of hydrogen-bond acceptors (Lipinski definition) is 10. The van der Waals surface area contributed by atoms with Crippen LogP contribution < -0.4 is 0 Å². The van der Waals surface area contributed by atoms with Gasteiger partial charge < -0.3 is 39.4 Å². The van der Waals surface area contributed by atoms with Gasteiger partial charge in [0.2, 0.25) is 0 Å². The van der Waals surface area contributed by atoms with Gasteiger partial charge in [-0.3, -0.25) is 9.59 Å². The third kappa shape index (κ3) is 27.3. The van der Waals surface area contributed by atoms with E-state index in [9.17, 15) is 34.8 Å². The van der Waals surface area contributed by atoms with Gasteiger partial charge in [0.1, 0.15) is 24.9 Å². The molecule has 0 aliphatic carbocycles. The SMILES string of the molecule is CCCCCC/C=C\C/C=C\CCCCCCCCCC(=O)OCC(COC1OC(C(=O)O)C(O)C(O)C1O)OC(=O)CCCCCCCCCCCCCC. The quantitative estimate of drug-likeness (QED) is 0.0268. The third-order valence-electron chi connectivity index (χ3n) is 10.3. The number of esters is 2. The van der Waals surface area contributed by atoms with Crippen LogP contribution in [0.15, 0.2) is 24.3 Å². The van der Waals surface area contributed by atoms with Crippen LogP contribution in [0.4, 0.5) is 0 Å². The Labute approximate surface area is 339 Å². The summed E-state index contributed by atoms with van der Waals surface area (Å²) in [6, 6.07) is 0. The van der Waals surface area contributed by atoms with Crippen LogP contribution in [-0.2, 0) is 33.3 Å². The maximum atomic E-state index is 12.7. The summed E-state index contributed by atoms with van der Waals surface area (Å²) in [5, 5.41) is 39.8. The van der Waals surface area contributed by atoms with E-state index in [2.05, 4.69) is 38.2 Å². The van der Waals surface area contributed by atoms with Crippen molar-refractivity contribution >= 4 is 17.9 Å². The first-order chi connectivity index (χ1) is 27.2. The van der Waals surface area contributed by atoms with Crippen LogP contribution in [0.2, 0.25) is 0 Å². The molecule has 0 saturated carbocycles. The molecule has 6 atom stereocenters. The molecule has 6 unspecified atom stereocenters. The van der Waals surface area contributed by atoms with Crippen molar-refractivity contribution < 1.29 is 53.8 Å². The van der Waals surface area contributed by atoms with Crippen LogP contribution in [0.5, 0.6) is 0 Å². The number of allylic oxidation sites excluding steroid dienone is 4. The van der Waals surface area contributed by atoms with E-state index < -0.39 is 54.7 Å². The summed E-state index contributed by atoms with van der Waals surface area (Å²) >= 11 is 0. The van der Waals surface area contributed by atoms with E-state index in [-0.39, 0.29) is 26.1 Å². The summed E-state index contributed by atoms with van der Waals surface area (Å²) < 4.78 is 21.7. The zero-order valence-corrected chi connectivity index (χ0v) is 35.1. The normalized spacial score (nSPS) is 20.5. The van der Waals surface area contributed by atoms with E-state index >= 15 is 0 Å². The topological polar surface area (TPSA) is 169 Å². The highest BCUT2D eigenvalue weighted by Crippen LogP contribution is 2.23. The number of carboxylic acid groups (broad SMARTS) is 1. The third-order valence-corrected chi connectivity index (χ3v) is 10.3. The molecule has 11 nitrogen and oxygen atoms in total. The number of aliphatic hydroxyl groups is 3. The second-order valence-corrected chi connectivity index (χ2v) is 15.5. The lowest BCUT2D eigenvalue weighted by atomic mass is 9.99. The number of rotatable bonds is 37. The van der Waals surface area contributed by atoms with Gasteiger partial charge in [-0.25, -0.2) is 4.79 Å². The Hall–Kier alpha value is -2.31. The van der Waals surface area contributed by atoms with Gasteiger partial charge in [-0.15, -0.1) is 0 Å². The van der Waals surface area contributed by atoms with Gasteiger partial charge >= 0.3 is 17.9 Å². The Morgan fingerprint density at radius 3 is 1.50 bits per heavy atom. The molecular weight excluding hydrogens is 716 g/mol. The molecule has 1 aliphatic heterocycles. The van der Waals surface area contributed by atoms with E-state index in [4.69, 9.17) is 18.9 Å². The Kier molecular flexibility index (Phi) is 33.1. The van der Waals surface area contributed by atoms with Gasteiger partial charge in [-0.2, -0.15) is 0 Å². The van der Waals surface area contributed by atoms with Gasteiger partial charge in [0.15, 0.2) is 18.5 Å². The summed E-state index contributed by atoms with van der Waals surface area (Å²) in [6.45, 7) is 3.79. The number of hydrogen-bond donors (Lipinski definition) is 4. The molecule has 4 N–H and O–H groups in total. The molecule has 1 fully saturated rings.